The number of rotatable bonds is 7. The van der Waals surface area contributed by atoms with Crippen LogP contribution in [0.5, 0.6) is 0 Å². The molecule has 0 aromatic heterocycles. The van der Waals surface area contributed by atoms with Crippen LogP contribution in [0, 0.1) is 0 Å². The fourth-order valence-corrected chi connectivity index (χ4v) is 1.15. The number of carbonyl (C=O) groups excluding carboxylic acids is 1. The van der Waals surface area contributed by atoms with Crippen LogP contribution >= 0.6 is 0 Å². The fraction of sp³-hybridized carbons (Fsp3) is 0.917. The van der Waals surface area contributed by atoms with Crippen molar-refractivity contribution in [2.24, 2.45) is 0 Å². The van der Waals surface area contributed by atoms with Gasteiger partial charge in [-0.25, -0.2) is 4.79 Å². The maximum absolute atomic E-state index is 11.3. The monoisotopic (exact) mass is 298 g/mol. The second-order valence-electron chi connectivity index (χ2n) is 5.46. The Kier molecular flexibility index (Phi) is 11.1. The highest BCUT2D eigenvalue weighted by atomic mass is 32.2. The van der Waals surface area contributed by atoms with Crippen molar-refractivity contribution in [2.45, 2.75) is 32.6 Å². The van der Waals surface area contributed by atoms with Crippen molar-refractivity contribution < 1.29 is 27.0 Å². The maximum Gasteiger partial charge on any atom is 0.361 e. The first-order chi connectivity index (χ1) is 8.45. The van der Waals surface area contributed by atoms with Gasteiger partial charge in [-0.15, -0.1) is 0 Å². The first-order valence-electron chi connectivity index (χ1n) is 6.34. The lowest BCUT2D eigenvalue weighted by Crippen LogP contribution is -2.40. The summed E-state index contributed by atoms with van der Waals surface area (Å²) in [4.78, 5) is 11.3. The topological polar surface area (TPSA) is 80.7 Å². The molecule has 116 valence electrons. The molecule has 19 heavy (non-hydrogen) atoms. The summed E-state index contributed by atoms with van der Waals surface area (Å²) in [5.74, 6) is -0.0889. The van der Waals surface area contributed by atoms with Gasteiger partial charge < -0.3 is 9.22 Å². The predicted molar refractivity (Wildman–Crippen MR) is 75.5 cm³/mol. The van der Waals surface area contributed by atoms with Gasteiger partial charge in [-0.2, -0.15) is 8.42 Å². The molecule has 0 fully saturated rings. The molecule has 0 rings (SSSR count). The third kappa shape index (κ3) is 31.7. The Balaban J connectivity index is 0. The van der Waals surface area contributed by atoms with Crippen molar-refractivity contribution in [3.8, 4) is 0 Å². The zero-order valence-electron chi connectivity index (χ0n) is 12.7. The van der Waals surface area contributed by atoms with Crippen LogP contribution in [-0.4, -0.2) is 64.0 Å². The molecule has 7 heteroatoms. The van der Waals surface area contributed by atoms with Crippen LogP contribution in [0.2, 0.25) is 0 Å². The SMILES string of the molecule is CCCCCCOC(=O)C[N+](C)(C)C.CS(=O)(=O)O. The molecule has 0 aliphatic rings. The molecule has 0 unspecified atom stereocenters. The van der Waals surface area contributed by atoms with Crippen LogP contribution in [0.3, 0.4) is 0 Å². The van der Waals surface area contributed by atoms with Gasteiger partial charge in [0.15, 0.2) is 6.54 Å². The van der Waals surface area contributed by atoms with Crippen LogP contribution in [-0.2, 0) is 19.6 Å². The molecular formula is C12H28NO5S+. The molecule has 0 aliphatic carbocycles. The Hall–Kier alpha value is -0.660. The molecule has 0 amide bonds. The second kappa shape index (κ2) is 10.2. The zero-order valence-corrected chi connectivity index (χ0v) is 13.5. The number of ether oxygens (including phenoxy) is 1. The minimum Gasteiger partial charge on any atom is -0.462 e. The van der Waals surface area contributed by atoms with Crippen molar-refractivity contribution in [3.63, 3.8) is 0 Å². The van der Waals surface area contributed by atoms with E-state index < -0.39 is 10.1 Å². The minimum absolute atomic E-state index is 0.0889. The molecule has 0 atom stereocenters. The molecule has 0 bridgehead atoms. The summed E-state index contributed by atoms with van der Waals surface area (Å²) in [6.07, 6.45) is 5.32. The normalized spacial score (nSPS) is 11.5. The van der Waals surface area contributed by atoms with Crippen molar-refractivity contribution in [1.82, 2.24) is 0 Å². The van der Waals surface area contributed by atoms with Gasteiger partial charge in [0.05, 0.1) is 34.0 Å². The summed E-state index contributed by atoms with van der Waals surface area (Å²) >= 11 is 0. The molecular weight excluding hydrogens is 270 g/mol. The maximum atomic E-state index is 11.3. The van der Waals surface area contributed by atoms with E-state index in [9.17, 15) is 13.2 Å². The Morgan fingerprint density at radius 3 is 2.00 bits per heavy atom. The van der Waals surface area contributed by atoms with E-state index in [1.54, 1.807) is 0 Å². The highest BCUT2D eigenvalue weighted by Crippen LogP contribution is 1.99. The Morgan fingerprint density at radius 1 is 1.16 bits per heavy atom. The molecule has 0 aromatic rings. The lowest BCUT2D eigenvalue weighted by Gasteiger charge is -2.22. The summed E-state index contributed by atoms with van der Waals surface area (Å²) < 4.78 is 31.6. The third-order valence-electron chi connectivity index (χ3n) is 1.86. The first kappa shape index (κ1) is 20.7. The largest absolute Gasteiger partial charge is 0.462 e. The molecule has 0 saturated carbocycles. The number of carbonyl (C=O) groups is 1. The van der Waals surface area contributed by atoms with E-state index >= 15 is 0 Å². The van der Waals surface area contributed by atoms with E-state index in [1.165, 1.54) is 12.8 Å². The predicted octanol–water partition coefficient (Wildman–Crippen LogP) is 1.32. The standard InChI is InChI=1S/C11H24NO2.CH4O3S/c1-5-6-7-8-9-14-11(13)10-12(2,3)4;1-5(2,3)4/h5-10H2,1-4H3;1H3,(H,2,3,4)/q+1;. The minimum atomic E-state index is -3.67. The Morgan fingerprint density at radius 2 is 1.63 bits per heavy atom. The van der Waals surface area contributed by atoms with Gasteiger partial charge in [0, 0.05) is 0 Å². The van der Waals surface area contributed by atoms with Gasteiger partial charge in [-0.1, -0.05) is 26.2 Å². The van der Waals surface area contributed by atoms with Crippen LogP contribution in [0.25, 0.3) is 0 Å². The molecule has 1 N–H and O–H groups in total. The second-order valence-corrected chi connectivity index (χ2v) is 6.93. The summed E-state index contributed by atoms with van der Waals surface area (Å²) in [6.45, 7) is 3.20. The number of nitrogens with zero attached hydrogens (tertiary/aromatic N) is 1. The van der Waals surface area contributed by atoms with E-state index in [0.29, 0.717) is 23.9 Å². The van der Waals surface area contributed by atoms with Gasteiger partial charge in [0.25, 0.3) is 10.1 Å². The van der Waals surface area contributed by atoms with Gasteiger partial charge in [0.2, 0.25) is 0 Å². The smallest absolute Gasteiger partial charge is 0.361 e. The number of quaternary nitrogens is 1. The Labute approximate surface area is 117 Å². The molecule has 0 saturated heterocycles. The third-order valence-corrected chi connectivity index (χ3v) is 1.86. The number of esters is 1. The molecule has 0 radical (unpaired) electrons. The summed E-state index contributed by atoms with van der Waals surface area (Å²) in [7, 11) is 2.29. The summed E-state index contributed by atoms with van der Waals surface area (Å²) in [5, 5.41) is 0. The van der Waals surface area contributed by atoms with Crippen molar-refractivity contribution >= 4 is 16.1 Å². The highest BCUT2D eigenvalue weighted by molar-refractivity contribution is 7.85. The molecule has 0 aromatic carbocycles. The van der Waals surface area contributed by atoms with Crippen molar-refractivity contribution in [2.75, 3.05) is 40.6 Å². The van der Waals surface area contributed by atoms with Crippen molar-refractivity contribution in [1.29, 1.82) is 0 Å². The van der Waals surface area contributed by atoms with Crippen LogP contribution < -0.4 is 0 Å². The average Bonchev–Trinajstić information content (AvgIpc) is 2.11. The molecule has 0 aliphatic heterocycles. The zero-order chi connectivity index (χ0) is 15.5. The quantitative estimate of drug-likeness (QED) is 0.332. The van der Waals surface area contributed by atoms with E-state index in [-0.39, 0.29) is 5.97 Å². The summed E-state index contributed by atoms with van der Waals surface area (Å²) in [6, 6.07) is 0. The van der Waals surface area contributed by atoms with Crippen LogP contribution in [0.1, 0.15) is 32.6 Å². The average molecular weight is 298 g/mol. The van der Waals surface area contributed by atoms with Gasteiger partial charge in [-0.3, -0.25) is 4.55 Å². The molecule has 6 nitrogen and oxygen atoms in total. The van der Waals surface area contributed by atoms with Gasteiger partial charge >= 0.3 is 5.97 Å². The van der Waals surface area contributed by atoms with Gasteiger partial charge in [-0.05, 0) is 6.42 Å². The van der Waals surface area contributed by atoms with Crippen LogP contribution in [0.15, 0.2) is 0 Å². The number of hydrogen-bond donors (Lipinski definition) is 1. The highest BCUT2D eigenvalue weighted by Gasteiger charge is 2.14. The molecule has 0 heterocycles. The van der Waals surface area contributed by atoms with E-state index in [1.807, 2.05) is 21.1 Å². The number of hydrogen-bond acceptors (Lipinski definition) is 4. The lowest BCUT2D eigenvalue weighted by atomic mass is 10.2. The summed E-state index contributed by atoms with van der Waals surface area (Å²) in [5.41, 5.74) is 0. The van der Waals surface area contributed by atoms with E-state index in [4.69, 9.17) is 9.29 Å². The first-order valence-corrected chi connectivity index (χ1v) is 8.19. The fourth-order valence-electron chi connectivity index (χ4n) is 1.15. The lowest BCUT2D eigenvalue weighted by molar-refractivity contribution is -0.862. The van der Waals surface area contributed by atoms with Crippen molar-refractivity contribution in [3.05, 3.63) is 0 Å². The van der Waals surface area contributed by atoms with Crippen LogP contribution in [0.4, 0.5) is 0 Å². The number of unbranched alkanes of at least 4 members (excludes halogenated alkanes) is 3. The van der Waals surface area contributed by atoms with E-state index in [2.05, 4.69) is 6.92 Å². The van der Waals surface area contributed by atoms with Gasteiger partial charge in [0.1, 0.15) is 0 Å². The van der Waals surface area contributed by atoms with E-state index in [0.717, 1.165) is 12.8 Å². The Bertz CT molecular complexity index is 325. The molecule has 0 spiro atoms. The number of likely N-dealkylation sites (N-methyl/N-ethyl adjacent to an activating group) is 1.